The van der Waals surface area contributed by atoms with Crippen molar-refractivity contribution in [2.75, 3.05) is 18.0 Å². The Morgan fingerprint density at radius 2 is 1.50 bits per heavy atom. The molecular weight excluding hydrogens is 250 g/mol. The van der Waals surface area contributed by atoms with Crippen LogP contribution in [0.1, 0.15) is 12.0 Å². The Hall–Kier alpha value is -2.29. The lowest BCUT2D eigenvalue weighted by molar-refractivity contribution is -0.136. The van der Waals surface area contributed by atoms with E-state index in [0.29, 0.717) is 6.54 Å². The smallest absolute Gasteiger partial charge is 0.305 e. The van der Waals surface area contributed by atoms with Gasteiger partial charge in [0.25, 0.3) is 0 Å². The van der Waals surface area contributed by atoms with Crippen molar-refractivity contribution < 1.29 is 9.90 Å². The average Bonchev–Trinajstić information content (AvgIpc) is 2.49. The van der Waals surface area contributed by atoms with Gasteiger partial charge in [0.1, 0.15) is 0 Å². The fourth-order valence-corrected chi connectivity index (χ4v) is 2.15. The lowest BCUT2D eigenvalue weighted by Gasteiger charge is -2.24. The van der Waals surface area contributed by atoms with Crippen molar-refractivity contribution in [2.24, 2.45) is 0 Å². The van der Waals surface area contributed by atoms with Crippen molar-refractivity contribution in [1.82, 2.24) is 0 Å². The van der Waals surface area contributed by atoms with E-state index in [1.165, 1.54) is 5.56 Å². The Morgan fingerprint density at radius 3 is 2.10 bits per heavy atom. The number of aliphatic carboxylic acids is 1. The van der Waals surface area contributed by atoms with Gasteiger partial charge in [-0.1, -0.05) is 48.5 Å². The molecule has 0 aliphatic heterocycles. The molecule has 2 aromatic carbocycles. The molecule has 0 saturated heterocycles. The summed E-state index contributed by atoms with van der Waals surface area (Å²) in [5.74, 6) is -0.759. The summed E-state index contributed by atoms with van der Waals surface area (Å²) >= 11 is 0. The maximum absolute atomic E-state index is 10.8. The minimum atomic E-state index is -0.759. The van der Waals surface area contributed by atoms with Crippen LogP contribution in [-0.2, 0) is 11.2 Å². The van der Waals surface area contributed by atoms with Crippen molar-refractivity contribution in [3.8, 4) is 0 Å². The maximum atomic E-state index is 10.8. The second kappa shape index (κ2) is 7.34. The van der Waals surface area contributed by atoms with Gasteiger partial charge in [0, 0.05) is 18.8 Å². The number of nitrogens with zero attached hydrogens (tertiary/aromatic N) is 1. The quantitative estimate of drug-likeness (QED) is 0.839. The van der Waals surface area contributed by atoms with Crippen LogP contribution in [0.25, 0.3) is 0 Å². The number of carboxylic acids is 1. The van der Waals surface area contributed by atoms with Crippen LogP contribution >= 0.6 is 0 Å². The van der Waals surface area contributed by atoms with Crippen molar-refractivity contribution in [1.29, 1.82) is 0 Å². The zero-order valence-electron chi connectivity index (χ0n) is 11.4. The molecule has 0 aliphatic carbocycles. The molecule has 1 N–H and O–H groups in total. The highest BCUT2D eigenvalue weighted by Gasteiger charge is 2.08. The van der Waals surface area contributed by atoms with Gasteiger partial charge in [-0.15, -0.1) is 0 Å². The first-order chi connectivity index (χ1) is 9.75. The summed E-state index contributed by atoms with van der Waals surface area (Å²) in [6, 6.07) is 20.2. The van der Waals surface area contributed by atoms with E-state index < -0.39 is 5.97 Å². The van der Waals surface area contributed by atoms with Gasteiger partial charge in [-0.25, -0.2) is 0 Å². The fraction of sp³-hybridized carbons (Fsp3) is 0.235. The highest BCUT2D eigenvalue weighted by atomic mass is 16.4. The van der Waals surface area contributed by atoms with E-state index in [9.17, 15) is 4.79 Å². The Kier molecular flexibility index (Phi) is 5.18. The number of anilines is 1. The number of para-hydroxylation sites is 1. The first kappa shape index (κ1) is 14.1. The molecule has 0 amide bonds. The molecule has 0 atom stereocenters. The van der Waals surface area contributed by atoms with E-state index in [1.54, 1.807) is 0 Å². The summed E-state index contributed by atoms with van der Waals surface area (Å²) in [7, 11) is 0. The number of carboxylic acid groups (broad SMARTS) is 1. The number of benzene rings is 2. The van der Waals surface area contributed by atoms with Crippen molar-refractivity contribution >= 4 is 11.7 Å². The van der Waals surface area contributed by atoms with Gasteiger partial charge in [-0.3, -0.25) is 4.79 Å². The van der Waals surface area contributed by atoms with Crippen LogP contribution in [0, 0.1) is 0 Å². The molecule has 0 saturated carbocycles. The van der Waals surface area contributed by atoms with Crippen LogP contribution in [0.4, 0.5) is 5.69 Å². The van der Waals surface area contributed by atoms with Crippen molar-refractivity contribution in [2.45, 2.75) is 12.8 Å². The molecule has 0 bridgehead atoms. The normalized spacial score (nSPS) is 10.2. The molecule has 0 radical (unpaired) electrons. The lowest BCUT2D eigenvalue weighted by Crippen LogP contribution is -2.28. The summed E-state index contributed by atoms with van der Waals surface area (Å²) in [5.41, 5.74) is 2.34. The van der Waals surface area contributed by atoms with Gasteiger partial charge >= 0.3 is 5.97 Å². The largest absolute Gasteiger partial charge is 0.481 e. The predicted molar refractivity (Wildman–Crippen MR) is 81.1 cm³/mol. The Balaban J connectivity index is 2.01. The third-order valence-corrected chi connectivity index (χ3v) is 3.23. The molecule has 0 spiro atoms. The van der Waals surface area contributed by atoms with Gasteiger partial charge in [0.15, 0.2) is 0 Å². The molecule has 104 valence electrons. The van der Waals surface area contributed by atoms with Crippen LogP contribution in [0.3, 0.4) is 0 Å². The maximum Gasteiger partial charge on any atom is 0.305 e. The number of hydrogen-bond acceptors (Lipinski definition) is 2. The molecule has 0 aromatic heterocycles. The molecule has 0 unspecified atom stereocenters. The standard InChI is InChI=1S/C17H19NO2/c19-17(20)12-14-18(16-9-5-2-6-10-16)13-11-15-7-3-1-4-8-15/h1-10H,11-14H2,(H,19,20). The van der Waals surface area contributed by atoms with Gasteiger partial charge in [0.2, 0.25) is 0 Å². The van der Waals surface area contributed by atoms with Crippen LogP contribution in [0.15, 0.2) is 60.7 Å². The van der Waals surface area contributed by atoms with Crippen molar-refractivity contribution in [3.05, 3.63) is 66.2 Å². The van der Waals surface area contributed by atoms with Gasteiger partial charge in [-0.2, -0.15) is 0 Å². The summed E-state index contributed by atoms with van der Waals surface area (Å²) in [6.45, 7) is 1.35. The number of rotatable bonds is 7. The SMILES string of the molecule is O=C(O)CCN(CCc1ccccc1)c1ccccc1. The Morgan fingerprint density at radius 1 is 0.900 bits per heavy atom. The van der Waals surface area contributed by atoms with Crippen molar-refractivity contribution in [3.63, 3.8) is 0 Å². The first-order valence-electron chi connectivity index (χ1n) is 6.81. The topological polar surface area (TPSA) is 40.5 Å². The van der Waals surface area contributed by atoms with E-state index in [1.807, 2.05) is 48.5 Å². The minimum absolute atomic E-state index is 0.156. The monoisotopic (exact) mass is 269 g/mol. The third kappa shape index (κ3) is 4.43. The average molecular weight is 269 g/mol. The molecule has 3 nitrogen and oxygen atoms in total. The van der Waals surface area contributed by atoms with Crippen LogP contribution in [0.2, 0.25) is 0 Å². The van der Waals surface area contributed by atoms with E-state index >= 15 is 0 Å². The molecular formula is C17H19NO2. The number of hydrogen-bond donors (Lipinski definition) is 1. The predicted octanol–water partition coefficient (Wildman–Crippen LogP) is 3.21. The second-order valence-corrected chi connectivity index (χ2v) is 4.70. The highest BCUT2D eigenvalue weighted by Crippen LogP contribution is 2.14. The lowest BCUT2D eigenvalue weighted by atomic mass is 10.1. The number of carbonyl (C=O) groups is 1. The molecule has 2 rings (SSSR count). The summed E-state index contributed by atoms with van der Waals surface area (Å²) in [4.78, 5) is 12.9. The molecule has 3 heteroatoms. The minimum Gasteiger partial charge on any atom is -0.481 e. The summed E-state index contributed by atoms with van der Waals surface area (Å²) in [6.07, 6.45) is 1.07. The van der Waals surface area contributed by atoms with Gasteiger partial charge in [0.05, 0.1) is 6.42 Å². The van der Waals surface area contributed by atoms with Gasteiger partial charge in [-0.05, 0) is 24.1 Å². The summed E-state index contributed by atoms with van der Waals surface area (Å²) < 4.78 is 0. The fourth-order valence-electron chi connectivity index (χ4n) is 2.15. The Bertz CT molecular complexity index is 525. The molecule has 0 aliphatic rings. The molecule has 2 aromatic rings. The summed E-state index contributed by atoms with van der Waals surface area (Å²) in [5, 5.41) is 8.87. The zero-order chi connectivity index (χ0) is 14.2. The second-order valence-electron chi connectivity index (χ2n) is 4.70. The van der Waals surface area contributed by atoms with E-state index in [0.717, 1.165) is 18.7 Å². The van der Waals surface area contributed by atoms with E-state index in [-0.39, 0.29) is 6.42 Å². The first-order valence-corrected chi connectivity index (χ1v) is 6.81. The van der Waals surface area contributed by atoms with Crippen LogP contribution < -0.4 is 4.90 Å². The van der Waals surface area contributed by atoms with E-state index in [2.05, 4.69) is 17.0 Å². The third-order valence-electron chi connectivity index (χ3n) is 3.23. The van der Waals surface area contributed by atoms with Gasteiger partial charge < -0.3 is 10.0 Å². The molecule has 0 fully saturated rings. The molecule has 20 heavy (non-hydrogen) atoms. The molecule has 0 heterocycles. The zero-order valence-corrected chi connectivity index (χ0v) is 11.4. The van der Waals surface area contributed by atoms with Crippen LogP contribution in [0.5, 0.6) is 0 Å². The Labute approximate surface area is 119 Å². The van der Waals surface area contributed by atoms with E-state index in [4.69, 9.17) is 5.11 Å². The highest BCUT2D eigenvalue weighted by molar-refractivity contribution is 5.67. The van der Waals surface area contributed by atoms with Crippen LogP contribution in [-0.4, -0.2) is 24.2 Å².